The van der Waals surface area contributed by atoms with E-state index < -0.39 is 0 Å². The van der Waals surface area contributed by atoms with Crippen molar-refractivity contribution in [2.75, 3.05) is 26.0 Å². The molecule has 0 aliphatic rings. The normalized spacial score (nSPS) is 11.6. The van der Waals surface area contributed by atoms with E-state index in [9.17, 15) is 0 Å². The predicted molar refractivity (Wildman–Crippen MR) is 110 cm³/mol. The molecule has 0 unspecified atom stereocenters. The van der Waals surface area contributed by atoms with Gasteiger partial charge in [0.25, 0.3) is 0 Å². The minimum atomic E-state index is 0.128. The summed E-state index contributed by atoms with van der Waals surface area (Å²) >= 11 is 0. The Labute approximate surface area is 164 Å². The number of anilines is 1. The number of nitrogens with zero attached hydrogens (tertiary/aromatic N) is 2. The standard InChI is InChI=1S/C22H24N2O4/c1-17(19-13-12-18-8-4-5-9-20(18)14-19)23-27-15-21-10-6-7-11-22(21)24(25-2)16-28-26-3/h4-14H,15-16H2,1-3H3. The average Bonchev–Trinajstić information content (AvgIpc) is 2.74. The van der Waals surface area contributed by atoms with Crippen LogP contribution in [0.3, 0.4) is 0 Å². The Bertz CT molecular complexity index is 942. The molecule has 0 fully saturated rings. The highest BCUT2D eigenvalue weighted by atomic mass is 17.2. The van der Waals surface area contributed by atoms with E-state index in [-0.39, 0.29) is 6.73 Å². The average molecular weight is 380 g/mol. The summed E-state index contributed by atoms with van der Waals surface area (Å²) in [5.41, 5.74) is 3.58. The van der Waals surface area contributed by atoms with E-state index >= 15 is 0 Å². The van der Waals surface area contributed by atoms with Crippen molar-refractivity contribution >= 4 is 22.2 Å². The van der Waals surface area contributed by atoms with E-state index in [4.69, 9.17) is 14.6 Å². The molecule has 28 heavy (non-hydrogen) atoms. The molecule has 3 aromatic carbocycles. The Morgan fingerprint density at radius 2 is 1.68 bits per heavy atom. The first-order valence-corrected chi connectivity index (χ1v) is 8.94. The number of hydrogen-bond acceptors (Lipinski definition) is 6. The second-order valence-electron chi connectivity index (χ2n) is 6.12. The zero-order valence-electron chi connectivity index (χ0n) is 16.3. The number of benzene rings is 3. The summed E-state index contributed by atoms with van der Waals surface area (Å²) in [7, 11) is 3.02. The number of oxime groups is 1. The third-order valence-corrected chi connectivity index (χ3v) is 4.36. The van der Waals surface area contributed by atoms with E-state index in [0.29, 0.717) is 6.61 Å². The van der Waals surface area contributed by atoms with Gasteiger partial charge in [-0.15, -0.1) is 0 Å². The van der Waals surface area contributed by atoms with E-state index in [2.05, 4.69) is 34.3 Å². The largest absolute Gasteiger partial charge is 0.391 e. The van der Waals surface area contributed by atoms with Crippen molar-refractivity contribution in [1.82, 2.24) is 0 Å². The first-order chi connectivity index (χ1) is 13.7. The van der Waals surface area contributed by atoms with Gasteiger partial charge in [0.15, 0.2) is 6.73 Å². The van der Waals surface area contributed by atoms with Crippen LogP contribution in [0.4, 0.5) is 5.69 Å². The summed E-state index contributed by atoms with van der Waals surface area (Å²) in [6.45, 7) is 2.36. The Kier molecular flexibility index (Phi) is 6.97. The van der Waals surface area contributed by atoms with Gasteiger partial charge >= 0.3 is 0 Å². The van der Waals surface area contributed by atoms with Gasteiger partial charge in [-0.2, -0.15) is 0 Å². The van der Waals surface area contributed by atoms with Crippen LogP contribution in [0.1, 0.15) is 18.1 Å². The van der Waals surface area contributed by atoms with Crippen molar-refractivity contribution in [3.63, 3.8) is 0 Å². The zero-order valence-corrected chi connectivity index (χ0v) is 16.3. The lowest BCUT2D eigenvalue weighted by atomic mass is 10.0. The zero-order chi connectivity index (χ0) is 19.8. The minimum Gasteiger partial charge on any atom is -0.391 e. The van der Waals surface area contributed by atoms with Crippen molar-refractivity contribution in [2.45, 2.75) is 13.5 Å². The van der Waals surface area contributed by atoms with E-state index in [0.717, 1.165) is 22.5 Å². The van der Waals surface area contributed by atoms with Crippen molar-refractivity contribution in [3.05, 3.63) is 77.9 Å². The molecule has 0 bridgehead atoms. The summed E-state index contributed by atoms with van der Waals surface area (Å²) in [6, 6.07) is 22.2. The molecule has 6 heteroatoms. The van der Waals surface area contributed by atoms with E-state index in [1.807, 2.05) is 49.4 Å². The smallest absolute Gasteiger partial charge is 0.178 e. The Balaban J connectivity index is 1.71. The van der Waals surface area contributed by atoms with Gasteiger partial charge in [-0.3, -0.25) is 4.84 Å². The van der Waals surface area contributed by atoms with Crippen molar-refractivity contribution in [3.8, 4) is 0 Å². The summed E-state index contributed by atoms with van der Waals surface area (Å²) in [6.07, 6.45) is 0. The van der Waals surface area contributed by atoms with Crippen LogP contribution < -0.4 is 5.06 Å². The second-order valence-corrected chi connectivity index (χ2v) is 6.12. The summed E-state index contributed by atoms with van der Waals surface area (Å²) in [5.74, 6) is 0. The molecular formula is C22H24N2O4. The Hall–Kier alpha value is -2.93. The number of hydrogen-bond donors (Lipinski definition) is 0. The second kappa shape index (κ2) is 9.85. The molecule has 6 nitrogen and oxygen atoms in total. The molecule has 146 valence electrons. The SMILES string of the molecule is COOCN(OC)c1ccccc1CON=C(C)c1ccc2ccccc2c1. The fourth-order valence-corrected chi connectivity index (χ4v) is 2.86. The molecular weight excluding hydrogens is 356 g/mol. The first-order valence-electron chi connectivity index (χ1n) is 8.94. The highest BCUT2D eigenvalue weighted by Gasteiger charge is 2.12. The molecule has 0 amide bonds. The van der Waals surface area contributed by atoms with Crippen LogP contribution in [0, 0.1) is 0 Å². The van der Waals surface area contributed by atoms with Crippen molar-refractivity contribution in [1.29, 1.82) is 0 Å². The highest BCUT2D eigenvalue weighted by molar-refractivity contribution is 6.01. The fourth-order valence-electron chi connectivity index (χ4n) is 2.86. The molecule has 0 aliphatic carbocycles. The van der Waals surface area contributed by atoms with Crippen LogP contribution in [0.2, 0.25) is 0 Å². The molecule has 0 spiro atoms. The molecule has 3 aromatic rings. The lowest BCUT2D eigenvalue weighted by molar-refractivity contribution is -0.280. The number of hydroxylamine groups is 1. The number of para-hydroxylation sites is 1. The van der Waals surface area contributed by atoms with Crippen LogP contribution in [0.25, 0.3) is 10.8 Å². The predicted octanol–water partition coefficient (Wildman–Crippen LogP) is 4.68. The molecule has 0 N–H and O–H groups in total. The Morgan fingerprint density at radius 3 is 2.46 bits per heavy atom. The topological polar surface area (TPSA) is 52.5 Å². The molecule has 0 aromatic heterocycles. The van der Waals surface area contributed by atoms with E-state index in [1.54, 1.807) is 12.2 Å². The lowest BCUT2D eigenvalue weighted by Gasteiger charge is -2.22. The highest BCUT2D eigenvalue weighted by Crippen LogP contribution is 2.22. The van der Waals surface area contributed by atoms with Crippen LogP contribution in [0.15, 0.2) is 71.9 Å². The van der Waals surface area contributed by atoms with Crippen LogP contribution in [-0.4, -0.2) is 26.7 Å². The van der Waals surface area contributed by atoms with Gasteiger partial charge in [0.05, 0.1) is 25.6 Å². The fraction of sp³-hybridized carbons (Fsp3) is 0.227. The maximum absolute atomic E-state index is 5.62. The van der Waals surface area contributed by atoms with Crippen molar-refractivity contribution < 1.29 is 19.5 Å². The first kappa shape index (κ1) is 19.8. The molecule has 3 rings (SSSR count). The molecule has 0 saturated heterocycles. The van der Waals surface area contributed by atoms with Gasteiger partial charge in [0, 0.05) is 5.56 Å². The van der Waals surface area contributed by atoms with Gasteiger partial charge in [0.2, 0.25) is 0 Å². The molecule has 0 saturated carbocycles. The monoisotopic (exact) mass is 380 g/mol. The number of rotatable bonds is 9. The maximum Gasteiger partial charge on any atom is 0.178 e. The quantitative estimate of drug-likeness (QED) is 0.233. The van der Waals surface area contributed by atoms with Gasteiger partial charge in [-0.05, 0) is 35.4 Å². The van der Waals surface area contributed by atoms with Crippen LogP contribution in [-0.2, 0) is 26.1 Å². The summed E-state index contributed by atoms with van der Waals surface area (Å²) in [4.78, 5) is 20.6. The van der Waals surface area contributed by atoms with Gasteiger partial charge < -0.3 is 4.84 Å². The maximum atomic E-state index is 5.62. The molecule has 0 radical (unpaired) electrons. The van der Waals surface area contributed by atoms with Crippen LogP contribution in [0.5, 0.6) is 0 Å². The van der Waals surface area contributed by atoms with Gasteiger partial charge in [-0.1, -0.05) is 59.8 Å². The minimum absolute atomic E-state index is 0.128. The van der Waals surface area contributed by atoms with Gasteiger partial charge in [0.1, 0.15) is 6.61 Å². The molecule has 0 heterocycles. The molecule has 0 aliphatic heterocycles. The third-order valence-electron chi connectivity index (χ3n) is 4.36. The lowest BCUT2D eigenvalue weighted by Crippen LogP contribution is -2.25. The third kappa shape index (κ3) is 4.86. The van der Waals surface area contributed by atoms with Gasteiger partial charge in [-0.25, -0.2) is 14.8 Å². The van der Waals surface area contributed by atoms with Crippen molar-refractivity contribution in [2.24, 2.45) is 5.16 Å². The van der Waals surface area contributed by atoms with Crippen LogP contribution >= 0.6 is 0 Å². The Morgan fingerprint density at radius 1 is 0.929 bits per heavy atom. The molecule has 0 atom stereocenters. The number of fused-ring (bicyclic) bond motifs is 1. The summed E-state index contributed by atoms with van der Waals surface area (Å²) in [5, 5.41) is 8.23. The van der Waals surface area contributed by atoms with E-state index in [1.165, 1.54) is 17.9 Å². The summed E-state index contributed by atoms with van der Waals surface area (Å²) < 4.78 is 0.